The van der Waals surface area contributed by atoms with Crippen molar-refractivity contribution in [3.8, 4) is 0 Å². The molecule has 2 heterocycles. The lowest BCUT2D eigenvalue weighted by molar-refractivity contribution is 0.0606. The van der Waals surface area contributed by atoms with Crippen LogP contribution in [0.4, 0.5) is 5.69 Å². The van der Waals surface area contributed by atoms with E-state index in [1.807, 2.05) is 36.4 Å². The van der Waals surface area contributed by atoms with Crippen molar-refractivity contribution in [2.24, 2.45) is 0 Å². The molecule has 5 nitrogen and oxygen atoms in total. The van der Waals surface area contributed by atoms with Crippen LogP contribution in [-0.2, 0) is 11.3 Å². The summed E-state index contributed by atoms with van der Waals surface area (Å²) in [5.41, 5.74) is 2.00. The molecule has 1 aliphatic rings. The monoisotopic (exact) mass is 527 g/mol. The molecule has 168 valence electrons. The highest BCUT2D eigenvalue weighted by Gasteiger charge is 2.21. The fraction of sp³-hybridized carbons (Fsp3) is 0.273. The van der Waals surface area contributed by atoms with Crippen LogP contribution in [0, 0.1) is 0 Å². The number of benzene rings is 2. The van der Waals surface area contributed by atoms with Crippen LogP contribution >= 0.6 is 58.4 Å². The molecule has 0 bridgehead atoms. The molecule has 4 rings (SSSR count). The first kappa shape index (κ1) is 23.5. The number of piperazine rings is 1. The van der Waals surface area contributed by atoms with Gasteiger partial charge in [-0.25, -0.2) is 4.79 Å². The van der Waals surface area contributed by atoms with E-state index in [2.05, 4.69) is 15.1 Å². The summed E-state index contributed by atoms with van der Waals surface area (Å²) in [6, 6.07) is 11.5. The molecule has 0 atom stereocenters. The number of esters is 1. The van der Waals surface area contributed by atoms with Crippen LogP contribution < -0.4 is 5.32 Å². The maximum atomic E-state index is 11.9. The zero-order chi connectivity index (χ0) is 22.8. The molecule has 1 aromatic heterocycles. The van der Waals surface area contributed by atoms with Gasteiger partial charge in [-0.3, -0.25) is 4.90 Å². The molecule has 1 saturated heterocycles. The summed E-state index contributed by atoms with van der Waals surface area (Å²) in [6.45, 7) is 4.26. The minimum Gasteiger partial charge on any atom is -0.465 e. The summed E-state index contributed by atoms with van der Waals surface area (Å²) in [7, 11) is 1.35. The Labute approximate surface area is 210 Å². The number of thiophene rings is 1. The third-order valence-electron chi connectivity index (χ3n) is 5.30. The lowest BCUT2D eigenvalue weighted by Gasteiger charge is -2.36. The fourth-order valence-corrected chi connectivity index (χ4v) is 5.66. The maximum absolute atomic E-state index is 11.9. The summed E-state index contributed by atoms with van der Waals surface area (Å²) in [6.07, 6.45) is 0. The molecule has 0 radical (unpaired) electrons. The third kappa shape index (κ3) is 5.14. The van der Waals surface area contributed by atoms with Crippen LogP contribution in [0.5, 0.6) is 0 Å². The normalized spacial score (nSPS) is 14.6. The second kappa shape index (κ2) is 10.1. The summed E-state index contributed by atoms with van der Waals surface area (Å²) < 4.78 is 5.70. The first-order chi connectivity index (χ1) is 15.4. The SMILES string of the molecule is COC(=O)c1sc2cc(NC(=S)N3CCN(Cc4ccc(Cl)c(Cl)c4)CC3)ccc2c1Cl. The molecule has 0 aliphatic carbocycles. The van der Waals surface area contributed by atoms with E-state index in [1.54, 1.807) is 0 Å². The van der Waals surface area contributed by atoms with Crippen molar-refractivity contribution >= 4 is 85.2 Å². The van der Waals surface area contributed by atoms with E-state index in [0.29, 0.717) is 25.1 Å². The molecule has 10 heteroatoms. The second-order valence-corrected chi connectivity index (χ2v) is 10.0. The summed E-state index contributed by atoms with van der Waals surface area (Å²) in [4.78, 5) is 16.8. The van der Waals surface area contributed by atoms with E-state index in [9.17, 15) is 4.79 Å². The minimum absolute atomic E-state index is 0.405. The van der Waals surface area contributed by atoms with Crippen molar-refractivity contribution in [1.82, 2.24) is 9.80 Å². The van der Waals surface area contributed by atoms with Crippen molar-refractivity contribution in [3.05, 3.63) is 61.9 Å². The van der Waals surface area contributed by atoms with E-state index >= 15 is 0 Å². The Bertz CT molecular complexity index is 1180. The predicted molar refractivity (Wildman–Crippen MR) is 138 cm³/mol. The Morgan fingerprint density at radius 1 is 1.09 bits per heavy atom. The van der Waals surface area contributed by atoms with Gasteiger partial charge in [-0.15, -0.1) is 11.3 Å². The lowest BCUT2D eigenvalue weighted by atomic mass is 10.2. The van der Waals surface area contributed by atoms with E-state index in [-0.39, 0.29) is 0 Å². The number of carbonyl (C=O) groups is 1. The minimum atomic E-state index is -0.431. The first-order valence-electron chi connectivity index (χ1n) is 9.88. The van der Waals surface area contributed by atoms with Gasteiger partial charge >= 0.3 is 5.97 Å². The number of thiocarbonyl (C=S) groups is 1. The van der Waals surface area contributed by atoms with Crippen molar-refractivity contribution in [1.29, 1.82) is 0 Å². The van der Waals surface area contributed by atoms with Gasteiger partial charge in [0.1, 0.15) is 4.88 Å². The molecule has 0 saturated carbocycles. The van der Waals surface area contributed by atoms with Gasteiger partial charge in [0, 0.05) is 48.5 Å². The van der Waals surface area contributed by atoms with E-state index in [0.717, 1.165) is 54.1 Å². The second-order valence-electron chi connectivity index (χ2n) is 7.39. The largest absolute Gasteiger partial charge is 0.465 e. The molecule has 0 amide bonds. The number of hydrogen-bond acceptors (Lipinski definition) is 5. The number of rotatable bonds is 4. The van der Waals surface area contributed by atoms with Gasteiger partial charge in [0.15, 0.2) is 5.11 Å². The lowest BCUT2D eigenvalue weighted by Crippen LogP contribution is -2.49. The van der Waals surface area contributed by atoms with Gasteiger partial charge in [0.2, 0.25) is 0 Å². The Hall–Kier alpha value is -1.61. The smallest absolute Gasteiger partial charge is 0.349 e. The zero-order valence-electron chi connectivity index (χ0n) is 17.2. The van der Waals surface area contributed by atoms with Gasteiger partial charge in [0.05, 0.1) is 22.2 Å². The topological polar surface area (TPSA) is 44.8 Å². The van der Waals surface area contributed by atoms with Crippen LogP contribution in [0.3, 0.4) is 0 Å². The van der Waals surface area contributed by atoms with Gasteiger partial charge in [-0.2, -0.15) is 0 Å². The highest BCUT2D eigenvalue weighted by molar-refractivity contribution is 7.80. The molecule has 3 aromatic rings. The summed E-state index contributed by atoms with van der Waals surface area (Å²) in [5.74, 6) is -0.431. The maximum Gasteiger partial charge on any atom is 0.349 e. The average Bonchev–Trinajstić information content (AvgIpc) is 3.12. The molecule has 1 N–H and O–H groups in total. The molecule has 1 fully saturated rings. The van der Waals surface area contributed by atoms with E-state index in [4.69, 9.17) is 51.8 Å². The number of nitrogens with one attached hydrogen (secondary N) is 1. The van der Waals surface area contributed by atoms with Gasteiger partial charge in [-0.05, 0) is 48.1 Å². The molecule has 2 aromatic carbocycles. The van der Waals surface area contributed by atoms with E-state index < -0.39 is 5.97 Å². The van der Waals surface area contributed by atoms with Crippen LogP contribution in [0.1, 0.15) is 15.2 Å². The predicted octanol–water partition coefficient (Wildman–Crippen LogP) is 6.16. The number of fused-ring (bicyclic) bond motifs is 1. The molecular weight excluding hydrogens is 509 g/mol. The highest BCUT2D eigenvalue weighted by atomic mass is 35.5. The van der Waals surface area contributed by atoms with Crippen molar-refractivity contribution in [2.45, 2.75) is 6.54 Å². The third-order valence-corrected chi connectivity index (χ3v) is 8.04. The van der Waals surface area contributed by atoms with E-state index in [1.165, 1.54) is 18.4 Å². The fourth-order valence-electron chi connectivity index (χ4n) is 3.57. The Balaban J connectivity index is 1.36. The Kier molecular flexibility index (Phi) is 7.44. The number of ether oxygens (including phenoxy) is 1. The van der Waals surface area contributed by atoms with Crippen molar-refractivity contribution in [2.75, 3.05) is 38.6 Å². The Morgan fingerprint density at radius 2 is 1.84 bits per heavy atom. The van der Waals surface area contributed by atoms with Gasteiger partial charge < -0.3 is 15.0 Å². The average molecular weight is 529 g/mol. The number of hydrogen-bond donors (Lipinski definition) is 1. The van der Waals surface area contributed by atoms with Crippen molar-refractivity contribution in [3.63, 3.8) is 0 Å². The number of anilines is 1. The van der Waals surface area contributed by atoms with Gasteiger partial charge in [0.25, 0.3) is 0 Å². The molecular formula is C22H20Cl3N3O2S2. The van der Waals surface area contributed by atoms with Crippen LogP contribution in [0.2, 0.25) is 15.1 Å². The first-order valence-corrected chi connectivity index (χ1v) is 12.2. The molecule has 0 unspecified atom stereocenters. The quantitative estimate of drug-likeness (QED) is 0.323. The number of carbonyl (C=O) groups excluding carboxylic acids is 1. The summed E-state index contributed by atoms with van der Waals surface area (Å²) in [5, 5.41) is 6.38. The number of halogens is 3. The Morgan fingerprint density at radius 3 is 2.53 bits per heavy atom. The molecule has 1 aliphatic heterocycles. The number of nitrogens with zero attached hydrogens (tertiary/aromatic N) is 2. The highest BCUT2D eigenvalue weighted by Crippen LogP contribution is 2.37. The van der Waals surface area contributed by atoms with Gasteiger partial charge in [-0.1, -0.05) is 40.9 Å². The summed E-state index contributed by atoms with van der Waals surface area (Å²) >= 11 is 25.4. The zero-order valence-corrected chi connectivity index (χ0v) is 21.1. The standard InChI is InChI=1S/C22H20Cl3N3O2S2/c1-30-21(29)20-19(25)15-4-3-14(11-18(15)32-20)26-22(31)28-8-6-27(7-9-28)12-13-2-5-16(23)17(24)10-13/h2-5,10-11H,6-9,12H2,1H3,(H,26,31). The van der Waals surface area contributed by atoms with Crippen molar-refractivity contribution < 1.29 is 9.53 Å². The number of methoxy groups -OCH3 is 1. The van der Waals surface area contributed by atoms with Crippen LogP contribution in [-0.4, -0.2) is 54.2 Å². The van der Waals surface area contributed by atoms with Crippen LogP contribution in [0.15, 0.2) is 36.4 Å². The van der Waals surface area contributed by atoms with Crippen LogP contribution in [0.25, 0.3) is 10.1 Å². The molecule has 32 heavy (non-hydrogen) atoms. The molecule has 0 spiro atoms.